The monoisotopic (exact) mass is 236 g/mol. The van der Waals surface area contributed by atoms with Crippen molar-refractivity contribution >= 4 is 17.5 Å². The SMILES string of the molecule is CCONC(=O)Cc1ccc(NC(C)=O)cc1. The van der Waals surface area contributed by atoms with Gasteiger partial charge >= 0.3 is 0 Å². The van der Waals surface area contributed by atoms with Crippen LogP contribution >= 0.6 is 0 Å². The van der Waals surface area contributed by atoms with Crippen molar-refractivity contribution < 1.29 is 14.4 Å². The van der Waals surface area contributed by atoms with Gasteiger partial charge in [0.1, 0.15) is 0 Å². The van der Waals surface area contributed by atoms with E-state index in [1.54, 1.807) is 31.2 Å². The molecule has 0 bridgehead atoms. The Morgan fingerprint density at radius 3 is 2.41 bits per heavy atom. The van der Waals surface area contributed by atoms with E-state index in [0.29, 0.717) is 12.3 Å². The van der Waals surface area contributed by atoms with Gasteiger partial charge in [-0.3, -0.25) is 14.4 Å². The lowest BCUT2D eigenvalue weighted by atomic mass is 10.1. The minimum Gasteiger partial charge on any atom is -0.326 e. The highest BCUT2D eigenvalue weighted by Crippen LogP contribution is 2.09. The van der Waals surface area contributed by atoms with Crippen molar-refractivity contribution in [2.45, 2.75) is 20.3 Å². The predicted molar refractivity (Wildman–Crippen MR) is 64.2 cm³/mol. The van der Waals surface area contributed by atoms with E-state index in [9.17, 15) is 9.59 Å². The molecule has 2 N–H and O–H groups in total. The fourth-order valence-electron chi connectivity index (χ4n) is 1.28. The fraction of sp³-hybridized carbons (Fsp3) is 0.333. The maximum atomic E-state index is 11.3. The molecule has 1 aromatic carbocycles. The molecule has 1 rings (SSSR count). The van der Waals surface area contributed by atoms with Gasteiger partial charge in [0, 0.05) is 12.6 Å². The van der Waals surface area contributed by atoms with Crippen LogP contribution in [0.2, 0.25) is 0 Å². The Morgan fingerprint density at radius 1 is 1.24 bits per heavy atom. The van der Waals surface area contributed by atoms with Gasteiger partial charge in [-0.2, -0.15) is 0 Å². The third kappa shape index (κ3) is 5.12. The normalized spacial score (nSPS) is 9.76. The largest absolute Gasteiger partial charge is 0.326 e. The third-order valence-electron chi connectivity index (χ3n) is 1.97. The van der Waals surface area contributed by atoms with Gasteiger partial charge in [0.2, 0.25) is 11.8 Å². The van der Waals surface area contributed by atoms with Crippen LogP contribution in [-0.4, -0.2) is 18.4 Å². The second-order valence-electron chi connectivity index (χ2n) is 3.51. The van der Waals surface area contributed by atoms with Crippen LogP contribution in [0.25, 0.3) is 0 Å². The van der Waals surface area contributed by atoms with Gasteiger partial charge < -0.3 is 5.32 Å². The van der Waals surface area contributed by atoms with Crippen LogP contribution in [-0.2, 0) is 20.8 Å². The van der Waals surface area contributed by atoms with Crippen molar-refractivity contribution in [3.05, 3.63) is 29.8 Å². The summed E-state index contributed by atoms with van der Waals surface area (Å²) in [5.41, 5.74) is 3.89. The van der Waals surface area contributed by atoms with Crippen molar-refractivity contribution in [1.82, 2.24) is 5.48 Å². The van der Waals surface area contributed by atoms with Gasteiger partial charge in [-0.25, -0.2) is 5.48 Å². The summed E-state index contributed by atoms with van der Waals surface area (Å²) in [5.74, 6) is -0.314. The van der Waals surface area contributed by atoms with E-state index in [1.807, 2.05) is 0 Å². The summed E-state index contributed by atoms with van der Waals surface area (Å²) in [6.45, 7) is 3.68. The average Bonchev–Trinajstić information content (AvgIpc) is 2.28. The summed E-state index contributed by atoms with van der Waals surface area (Å²) >= 11 is 0. The molecule has 5 heteroatoms. The molecule has 0 aliphatic rings. The fourth-order valence-corrected chi connectivity index (χ4v) is 1.28. The first-order valence-electron chi connectivity index (χ1n) is 5.39. The van der Waals surface area contributed by atoms with Gasteiger partial charge in [-0.15, -0.1) is 0 Å². The highest BCUT2D eigenvalue weighted by Gasteiger charge is 2.03. The molecule has 1 aromatic rings. The average molecular weight is 236 g/mol. The second-order valence-corrected chi connectivity index (χ2v) is 3.51. The standard InChI is InChI=1S/C12H16N2O3/c1-3-17-14-12(16)8-10-4-6-11(7-5-10)13-9(2)15/h4-7H,3,8H2,1-2H3,(H,13,15)(H,14,16). The van der Waals surface area contributed by atoms with Crippen LogP contribution in [0.1, 0.15) is 19.4 Å². The minimum atomic E-state index is -0.195. The molecule has 0 heterocycles. The van der Waals surface area contributed by atoms with Crippen LogP contribution < -0.4 is 10.8 Å². The lowest BCUT2D eigenvalue weighted by Gasteiger charge is -2.05. The number of hydrogen-bond donors (Lipinski definition) is 2. The summed E-state index contributed by atoms with van der Waals surface area (Å²) in [7, 11) is 0. The Morgan fingerprint density at radius 2 is 1.88 bits per heavy atom. The topological polar surface area (TPSA) is 67.4 Å². The predicted octanol–water partition coefficient (Wildman–Crippen LogP) is 1.26. The quantitative estimate of drug-likeness (QED) is 0.756. The molecule has 5 nitrogen and oxygen atoms in total. The summed E-state index contributed by atoms with van der Waals surface area (Å²) in [4.78, 5) is 26.9. The zero-order valence-electron chi connectivity index (χ0n) is 9.95. The van der Waals surface area contributed by atoms with Crippen LogP contribution in [0.3, 0.4) is 0 Å². The van der Waals surface area contributed by atoms with E-state index in [2.05, 4.69) is 10.8 Å². The van der Waals surface area contributed by atoms with Crippen LogP contribution in [0, 0.1) is 0 Å². The summed E-state index contributed by atoms with van der Waals surface area (Å²) in [5, 5.41) is 2.66. The van der Waals surface area contributed by atoms with E-state index in [1.165, 1.54) is 6.92 Å². The molecule has 0 atom stereocenters. The van der Waals surface area contributed by atoms with E-state index in [4.69, 9.17) is 4.84 Å². The molecule has 0 unspecified atom stereocenters. The van der Waals surface area contributed by atoms with Gasteiger partial charge in [-0.05, 0) is 24.6 Å². The number of amides is 2. The summed E-state index contributed by atoms with van der Waals surface area (Å²) in [6.07, 6.45) is 0.250. The molecule has 0 saturated heterocycles. The van der Waals surface area contributed by atoms with Crippen molar-refractivity contribution in [2.75, 3.05) is 11.9 Å². The van der Waals surface area contributed by atoms with Gasteiger partial charge in [0.05, 0.1) is 13.0 Å². The molecule has 0 radical (unpaired) electrons. The molecule has 0 spiro atoms. The number of carbonyl (C=O) groups is 2. The maximum absolute atomic E-state index is 11.3. The van der Waals surface area contributed by atoms with E-state index in [0.717, 1.165) is 5.56 Å². The third-order valence-corrected chi connectivity index (χ3v) is 1.97. The molecule has 0 aromatic heterocycles. The zero-order chi connectivity index (χ0) is 12.7. The maximum Gasteiger partial charge on any atom is 0.247 e. The number of hydroxylamine groups is 1. The van der Waals surface area contributed by atoms with E-state index < -0.39 is 0 Å². The number of benzene rings is 1. The molecule has 0 aliphatic carbocycles. The first-order chi connectivity index (χ1) is 8.11. The first kappa shape index (κ1) is 13.2. The van der Waals surface area contributed by atoms with E-state index in [-0.39, 0.29) is 18.2 Å². The lowest BCUT2D eigenvalue weighted by Crippen LogP contribution is -2.25. The number of anilines is 1. The Hall–Kier alpha value is -1.88. The Labute approximate surface area is 100 Å². The molecular weight excluding hydrogens is 220 g/mol. The van der Waals surface area contributed by atoms with Crippen molar-refractivity contribution in [3.8, 4) is 0 Å². The lowest BCUT2D eigenvalue weighted by molar-refractivity contribution is -0.132. The van der Waals surface area contributed by atoms with Crippen molar-refractivity contribution in [3.63, 3.8) is 0 Å². The Bertz CT molecular complexity index is 387. The Balaban J connectivity index is 2.50. The van der Waals surface area contributed by atoms with Gasteiger partial charge in [0.15, 0.2) is 0 Å². The van der Waals surface area contributed by atoms with Crippen molar-refractivity contribution in [2.24, 2.45) is 0 Å². The molecular formula is C12H16N2O3. The second kappa shape index (κ2) is 6.65. The summed E-state index contributed by atoms with van der Waals surface area (Å²) < 4.78 is 0. The van der Waals surface area contributed by atoms with E-state index >= 15 is 0 Å². The smallest absolute Gasteiger partial charge is 0.247 e. The molecule has 17 heavy (non-hydrogen) atoms. The molecule has 0 aliphatic heterocycles. The summed E-state index contributed by atoms with van der Waals surface area (Å²) in [6, 6.07) is 7.09. The minimum absolute atomic E-state index is 0.119. The highest BCUT2D eigenvalue weighted by atomic mass is 16.6. The van der Waals surface area contributed by atoms with Crippen LogP contribution in [0.4, 0.5) is 5.69 Å². The van der Waals surface area contributed by atoms with Crippen LogP contribution in [0.5, 0.6) is 0 Å². The van der Waals surface area contributed by atoms with Gasteiger partial charge in [-0.1, -0.05) is 12.1 Å². The number of rotatable bonds is 5. The van der Waals surface area contributed by atoms with Crippen LogP contribution in [0.15, 0.2) is 24.3 Å². The Kier molecular flexibility index (Phi) is 5.16. The number of carbonyl (C=O) groups excluding carboxylic acids is 2. The molecule has 0 saturated carbocycles. The van der Waals surface area contributed by atoms with Gasteiger partial charge in [0.25, 0.3) is 0 Å². The zero-order valence-corrected chi connectivity index (χ0v) is 9.95. The highest BCUT2D eigenvalue weighted by molar-refractivity contribution is 5.88. The molecule has 92 valence electrons. The number of nitrogens with one attached hydrogen (secondary N) is 2. The number of hydrogen-bond acceptors (Lipinski definition) is 3. The van der Waals surface area contributed by atoms with Crippen molar-refractivity contribution in [1.29, 1.82) is 0 Å². The molecule has 2 amide bonds. The first-order valence-corrected chi connectivity index (χ1v) is 5.39. The molecule has 0 fully saturated rings.